The number of nitrogens with one attached hydrogen (secondary N) is 1. The van der Waals surface area contributed by atoms with Gasteiger partial charge in [-0.15, -0.1) is 0 Å². The molecule has 0 radical (unpaired) electrons. The summed E-state index contributed by atoms with van der Waals surface area (Å²) in [6, 6.07) is 10.1. The smallest absolute Gasteiger partial charge is 0.163 e. The summed E-state index contributed by atoms with van der Waals surface area (Å²) in [5.74, 6) is 1.15. The molecule has 4 nitrogen and oxygen atoms in total. The van der Waals surface area contributed by atoms with Gasteiger partial charge in [0.15, 0.2) is 11.5 Å². The van der Waals surface area contributed by atoms with Gasteiger partial charge in [0.2, 0.25) is 0 Å². The van der Waals surface area contributed by atoms with Crippen LogP contribution in [0, 0.1) is 5.82 Å². The molecule has 1 aliphatic heterocycles. The Kier molecular flexibility index (Phi) is 3.43. The molecule has 0 bridgehead atoms. The van der Waals surface area contributed by atoms with E-state index in [4.69, 9.17) is 15.2 Å². The molecule has 3 N–H and O–H groups in total. The number of benzene rings is 2. The van der Waals surface area contributed by atoms with Gasteiger partial charge in [-0.05, 0) is 35.9 Å². The minimum Gasteiger partial charge on any atom is -0.486 e. The molecule has 0 saturated heterocycles. The quantitative estimate of drug-likeness (QED) is 0.903. The number of ether oxygens (including phenoxy) is 2. The summed E-state index contributed by atoms with van der Waals surface area (Å²) < 4.78 is 24.2. The first-order chi connectivity index (χ1) is 9.76. The van der Waals surface area contributed by atoms with Crippen LogP contribution >= 0.6 is 0 Å². The maximum atomic E-state index is 13.2. The largest absolute Gasteiger partial charge is 0.486 e. The lowest BCUT2D eigenvalue weighted by Gasteiger charge is -2.19. The van der Waals surface area contributed by atoms with Crippen LogP contribution in [0.1, 0.15) is 5.56 Å². The summed E-state index contributed by atoms with van der Waals surface area (Å²) in [6.07, 6.45) is 0. The molecule has 20 heavy (non-hydrogen) atoms. The monoisotopic (exact) mass is 274 g/mol. The molecule has 0 aromatic heterocycles. The van der Waals surface area contributed by atoms with E-state index in [0.29, 0.717) is 19.0 Å². The molecule has 2 aromatic carbocycles. The summed E-state index contributed by atoms with van der Waals surface area (Å²) in [5, 5.41) is 3.22. The van der Waals surface area contributed by atoms with Crippen LogP contribution in [0.3, 0.4) is 0 Å². The number of hydrogen-bond acceptors (Lipinski definition) is 4. The van der Waals surface area contributed by atoms with Gasteiger partial charge < -0.3 is 20.5 Å². The molecule has 0 aliphatic carbocycles. The fourth-order valence-corrected chi connectivity index (χ4v) is 2.13. The van der Waals surface area contributed by atoms with Crippen molar-refractivity contribution in [3.05, 3.63) is 47.8 Å². The van der Waals surface area contributed by atoms with Crippen molar-refractivity contribution in [1.29, 1.82) is 0 Å². The second kappa shape index (κ2) is 5.38. The third-order valence-electron chi connectivity index (χ3n) is 3.11. The van der Waals surface area contributed by atoms with Crippen molar-refractivity contribution in [3.8, 4) is 11.5 Å². The zero-order valence-corrected chi connectivity index (χ0v) is 10.9. The summed E-state index contributed by atoms with van der Waals surface area (Å²) in [6.45, 7) is 1.38. The fourth-order valence-electron chi connectivity index (χ4n) is 2.13. The maximum Gasteiger partial charge on any atom is 0.163 e. The normalized spacial score (nSPS) is 13.1. The van der Waals surface area contributed by atoms with Crippen LogP contribution in [0.25, 0.3) is 0 Å². The van der Waals surface area contributed by atoms with E-state index in [1.807, 2.05) is 18.2 Å². The number of hydrogen-bond donors (Lipinski definition) is 2. The van der Waals surface area contributed by atoms with E-state index in [2.05, 4.69) is 5.32 Å². The highest BCUT2D eigenvalue weighted by molar-refractivity contribution is 5.66. The van der Waals surface area contributed by atoms with Crippen LogP contribution < -0.4 is 20.5 Å². The Morgan fingerprint density at radius 1 is 1.05 bits per heavy atom. The SMILES string of the molecule is NCc1cc(F)ccc1Nc1ccc2c(c1)OCCO2. The van der Waals surface area contributed by atoms with Crippen molar-refractivity contribution in [3.63, 3.8) is 0 Å². The van der Waals surface area contributed by atoms with Gasteiger partial charge in [-0.3, -0.25) is 0 Å². The third kappa shape index (κ3) is 2.53. The molecule has 0 unspecified atom stereocenters. The Morgan fingerprint density at radius 3 is 2.65 bits per heavy atom. The Bertz CT molecular complexity index is 631. The molecule has 1 heterocycles. The van der Waals surface area contributed by atoms with Gasteiger partial charge in [0.05, 0.1) is 0 Å². The summed E-state index contributed by atoms with van der Waals surface area (Å²) >= 11 is 0. The lowest BCUT2D eigenvalue weighted by Crippen LogP contribution is -2.15. The van der Waals surface area contributed by atoms with Crippen LogP contribution in [0.5, 0.6) is 11.5 Å². The van der Waals surface area contributed by atoms with Crippen molar-refractivity contribution in [2.24, 2.45) is 5.73 Å². The molecule has 2 aromatic rings. The zero-order valence-electron chi connectivity index (χ0n) is 10.9. The maximum absolute atomic E-state index is 13.2. The first-order valence-corrected chi connectivity index (χ1v) is 6.41. The average molecular weight is 274 g/mol. The van der Waals surface area contributed by atoms with E-state index in [1.165, 1.54) is 12.1 Å². The molecule has 3 rings (SSSR count). The molecule has 0 spiro atoms. The second-order valence-electron chi connectivity index (χ2n) is 4.49. The van der Waals surface area contributed by atoms with Crippen LogP contribution in [0.15, 0.2) is 36.4 Å². The summed E-state index contributed by atoms with van der Waals surface area (Å²) in [5.41, 5.74) is 7.98. The molecule has 0 atom stereocenters. The average Bonchev–Trinajstić information content (AvgIpc) is 2.49. The van der Waals surface area contributed by atoms with E-state index >= 15 is 0 Å². The molecule has 5 heteroatoms. The highest BCUT2D eigenvalue weighted by Crippen LogP contribution is 2.34. The standard InChI is InChI=1S/C15H15FN2O2/c16-11-1-3-13(10(7-11)9-17)18-12-2-4-14-15(8-12)20-6-5-19-14/h1-4,7-8,18H,5-6,9,17H2. The van der Waals surface area contributed by atoms with Crippen LogP contribution in [-0.4, -0.2) is 13.2 Å². The molecule has 0 amide bonds. The van der Waals surface area contributed by atoms with E-state index < -0.39 is 0 Å². The van der Waals surface area contributed by atoms with Crippen molar-refractivity contribution in [2.75, 3.05) is 18.5 Å². The third-order valence-corrected chi connectivity index (χ3v) is 3.11. The van der Waals surface area contributed by atoms with Crippen molar-refractivity contribution < 1.29 is 13.9 Å². The first-order valence-electron chi connectivity index (χ1n) is 6.41. The number of nitrogens with two attached hydrogens (primary N) is 1. The van der Waals surface area contributed by atoms with Gasteiger partial charge in [0, 0.05) is 24.0 Å². The minimum absolute atomic E-state index is 0.268. The van der Waals surface area contributed by atoms with Crippen molar-refractivity contribution >= 4 is 11.4 Å². The lowest BCUT2D eigenvalue weighted by molar-refractivity contribution is 0.171. The minimum atomic E-state index is -0.293. The predicted octanol–water partition coefficient (Wildman–Crippen LogP) is 2.80. The van der Waals surface area contributed by atoms with Gasteiger partial charge in [0.25, 0.3) is 0 Å². The van der Waals surface area contributed by atoms with Crippen LogP contribution in [-0.2, 0) is 6.54 Å². The lowest BCUT2D eigenvalue weighted by atomic mass is 10.1. The molecular weight excluding hydrogens is 259 g/mol. The highest BCUT2D eigenvalue weighted by atomic mass is 19.1. The van der Waals surface area contributed by atoms with E-state index in [9.17, 15) is 4.39 Å². The fraction of sp³-hybridized carbons (Fsp3) is 0.200. The van der Waals surface area contributed by atoms with E-state index in [0.717, 1.165) is 22.7 Å². The second-order valence-corrected chi connectivity index (χ2v) is 4.49. The van der Waals surface area contributed by atoms with Gasteiger partial charge in [0.1, 0.15) is 19.0 Å². The molecule has 104 valence electrons. The van der Waals surface area contributed by atoms with Crippen molar-refractivity contribution in [1.82, 2.24) is 0 Å². The number of anilines is 2. The van der Waals surface area contributed by atoms with Crippen LogP contribution in [0.4, 0.5) is 15.8 Å². The van der Waals surface area contributed by atoms with E-state index in [-0.39, 0.29) is 12.4 Å². The van der Waals surface area contributed by atoms with Gasteiger partial charge in [-0.1, -0.05) is 0 Å². The van der Waals surface area contributed by atoms with Crippen molar-refractivity contribution in [2.45, 2.75) is 6.54 Å². The summed E-state index contributed by atoms with van der Waals surface area (Å²) in [7, 11) is 0. The Balaban J connectivity index is 1.87. The van der Waals surface area contributed by atoms with Gasteiger partial charge >= 0.3 is 0 Å². The zero-order chi connectivity index (χ0) is 13.9. The Morgan fingerprint density at radius 2 is 1.85 bits per heavy atom. The van der Waals surface area contributed by atoms with Crippen LogP contribution in [0.2, 0.25) is 0 Å². The number of halogens is 1. The van der Waals surface area contributed by atoms with Gasteiger partial charge in [-0.25, -0.2) is 4.39 Å². The first kappa shape index (κ1) is 12.7. The molecular formula is C15H15FN2O2. The number of rotatable bonds is 3. The molecule has 0 fully saturated rings. The topological polar surface area (TPSA) is 56.5 Å². The number of fused-ring (bicyclic) bond motifs is 1. The van der Waals surface area contributed by atoms with E-state index in [1.54, 1.807) is 6.07 Å². The predicted molar refractivity (Wildman–Crippen MR) is 75.0 cm³/mol. The Labute approximate surface area is 116 Å². The Hall–Kier alpha value is -2.27. The summed E-state index contributed by atoms with van der Waals surface area (Å²) in [4.78, 5) is 0. The van der Waals surface area contributed by atoms with Gasteiger partial charge in [-0.2, -0.15) is 0 Å². The highest BCUT2D eigenvalue weighted by Gasteiger charge is 2.12. The molecule has 0 saturated carbocycles. The molecule has 1 aliphatic rings.